The van der Waals surface area contributed by atoms with E-state index in [2.05, 4.69) is 21.0 Å². The number of aryl methyl sites for hydroxylation is 2. The number of carbonyl (C=O) groups excluding carboxylic acids is 1. The van der Waals surface area contributed by atoms with Crippen LogP contribution in [0.2, 0.25) is 0 Å². The van der Waals surface area contributed by atoms with Crippen molar-refractivity contribution in [1.29, 1.82) is 0 Å². The van der Waals surface area contributed by atoms with Gasteiger partial charge < -0.3 is 5.73 Å². The molecule has 0 spiro atoms. The van der Waals surface area contributed by atoms with Crippen molar-refractivity contribution in [3.05, 3.63) is 45.7 Å². The van der Waals surface area contributed by atoms with Crippen molar-refractivity contribution in [2.24, 2.45) is 5.73 Å². The molecule has 0 saturated carbocycles. The highest BCUT2D eigenvalue weighted by molar-refractivity contribution is 9.10. The van der Waals surface area contributed by atoms with Crippen LogP contribution in [0.4, 0.5) is 0 Å². The van der Waals surface area contributed by atoms with E-state index in [9.17, 15) is 4.79 Å². The molecule has 2 N–H and O–H groups in total. The summed E-state index contributed by atoms with van der Waals surface area (Å²) in [6.07, 6.45) is 0. The van der Waals surface area contributed by atoms with Crippen LogP contribution in [0.1, 0.15) is 21.7 Å². The minimum absolute atomic E-state index is 0.439. The number of primary amides is 1. The van der Waals surface area contributed by atoms with E-state index in [0.717, 1.165) is 21.5 Å². The van der Waals surface area contributed by atoms with Crippen molar-refractivity contribution in [3.63, 3.8) is 0 Å². The van der Waals surface area contributed by atoms with Crippen LogP contribution in [-0.2, 0) is 0 Å². The molecule has 0 atom stereocenters. The highest BCUT2D eigenvalue weighted by Crippen LogP contribution is 2.23. The molecular formula is C12H12BrN3O. The largest absolute Gasteiger partial charge is 0.366 e. The number of carbonyl (C=O) groups is 1. The van der Waals surface area contributed by atoms with Gasteiger partial charge in [0.25, 0.3) is 0 Å². The average Bonchev–Trinajstić information content (AvgIpc) is 2.57. The van der Waals surface area contributed by atoms with Crippen molar-refractivity contribution in [3.8, 4) is 5.69 Å². The van der Waals surface area contributed by atoms with Gasteiger partial charge in [0.1, 0.15) is 0 Å². The van der Waals surface area contributed by atoms with Crippen molar-refractivity contribution in [2.45, 2.75) is 13.8 Å². The van der Waals surface area contributed by atoms with Gasteiger partial charge in [-0.05, 0) is 54.0 Å². The molecule has 0 aliphatic rings. The van der Waals surface area contributed by atoms with Crippen molar-refractivity contribution in [1.82, 2.24) is 9.78 Å². The number of nitrogens with zero attached hydrogens (tertiary/aromatic N) is 2. The van der Waals surface area contributed by atoms with Gasteiger partial charge in [-0.1, -0.05) is 0 Å². The van der Waals surface area contributed by atoms with Gasteiger partial charge in [0.05, 0.1) is 11.4 Å². The maximum Gasteiger partial charge on any atom is 0.248 e. The number of amides is 1. The number of hydrogen-bond donors (Lipinski definition) is 1. The van der Waals surface area contributed by atoms with E-state index >= 15 is 0 Å². The van der Waals surface area contributed by atoms with Crippen molar-refractivity contribution >= 4 is 21.8 Å². The van der Waals surface area contributed by atoms with Crippen LogP contribution in [0.5, 0.6) is 0 Å². The van der Waals surface area contributed by atoms with Crippen molar-refractivity contribution < 1.29 is 4.79 Å². The zero-order chi connectivity index (χ0) is 12.6. The molecule has 5 heteroatoms. The smallest absolute Gasteiger partial charge is 0.248 e. The summed E-state index contributed by atoms with van der Waals surface area (Å²) < 4.78 is 2.62. The van der Waals surface area contributed by atoms with E-state index in [-0.39, 0.29) is 0 Å². The minimum Gasteiger partial charge on any atom is -0.366 e. The van der Waals surface area contributed by atoms with E-state index in [4.69, 9.17) is 5.73 Å². The second-order valence-corrected chi connectivity index (χ2v) is 4.72. The summed E-state index contributed by atoms with van der Waals surface area (Å²) in [6, 6.07) is 7.21. The summed E-state index contributed by atoms with van der Waals surface area (Å²) in [5, 5.41) is 4.39. The molecule has 1 amide bonds. The molecule has 0 aliphatic carbocycles. The number of halogens is 1. The summed E-state index contributed by atoms with van der Waals surface area (Å²) in [7, 11) is 0. The zero-order valence-corrected chi connectivity index (χ0v) is 11.2. The first-order valence-corrected chi connectivity index (χ1v) is 5.91. The number of aromatic nitrogens is 2. The molecule has 0 saturated heterocycles. The monoisotopic (exact) mass is 293 g/mol. The van der Waals surface area contributed by atoms with Crippen LogP contribution in [0.3, 0.4) is 0 Å². The molecule has 1 aromatic heterocycles. The molecule has 1 aromatic carbocycles. The Morgan fingerprint density at radius 3 is 2.53 bits per heavy atom. The maximum atomic E-state index is 11.1. The van der Waals surface area contributed by atoms with Gasteiger partial charge in [0, 0.05) is 15.7 Å². The van der Waals surface area contributed by atoms with Gasteiger partial charge in [-0.15, -0.1) is 0 Å². The lowest BCUT2D eigenvalue weighted by Gasteiger charge is -2.07. The zero-order valence-electron chi connectivity index (χ0n) is 9.57. The third-order valence-electron chi connectivity index (χ3n) is 2.47. The van der Waals surface area contributed by atoms with E-state index in [1.807, 2.05) is 30.7 Å². The van der Waals surface area contributed by atoms with E-state index in [1.165, 1.54) is 0 Å². The predicted molar refractivity (Wildman–Crippen MR) is 69.3 cm³/mol. The third kappa shape index (κ3) is 2.24. The van der Waals surface area contributed by atoms with Crippen LogP contribution in [0.15, 0.2) is 28.7 Å². The fraction of sp³-hybridized carbons (Fsp3) is 0.167. The second-order valence-electron chi connectivity index (χ2n) is 3.87. The molecule has 2 aromatic rings. The maximum absolute atomic E-state index is 11.1. The lowest BCUT2D eigenvalue weighted by Crippen LogP contribution is -2.11. The summed E-state index contributed by atoms with van der Waals surface area (Å²) >= 11 is 3.43. The van der Waals surface area contributed by atoms with E-state index < -0.39 is 5.91 Å². The van der Waals surface area contributed by atoms with Crippen LogP contribution >= 0.6 is 15.9 Å². The highest BCUT2D eigenvalue weighted by atomic mass is 79.9. The number of rotatable bonds is 2. The van der Waals surface area contributed by atoms with Crippen LogP contribution in [-0.4, -0.2) is 15.7 Å². The second kappa shape index (κ2) is 4.33. The molecule has 88 valence electrons. The van der Waals surface area contributed by atoms with Gasteiger partial charge >= 0.3 is 0 Å². The predicted octanol–water partition coefficient (Wildman–Crippen LogP) is 2.35. The average molecular weight is 294 g/mol. The first-order valence-electron chi connectivity index (χ1n) is 5.12. The van der Waals surface area contributed by atoms with Gasteiger partial charge in [0.15, 0.2) is 0 Å². The number of hydrogen-bond acceptors (Lipinski definition) is 2. The minimum atomic E-state index is -0.439. The normalized spacial score (nSPS) is 10.5. The molecule has 0 fully saturated rings. The lowest BCUT2D eigenvalue weighted by atomic mass is 10.2. The Labute approximate surface area is 108 Å². The molecule has 17 heavy (non-hydrogen) atoms. The van der Waals surface area contributed by atoms with E-state index in [0.29, 0.717) is 5.56 Å². The Bertz CT molecular complexity index is 589. The number of nitrogens with two attached hydrogens (primary N) is 1. The standard InChI is InChI=1S/C12H12BrN3O/c1-7-5-8(2)16(15-7)11-4-3-9(12(14)17)6-10(11)13/h3-6H,1-2H3,(H2,14,17). The highest BCUT2D eigenvalue weighted by Gasteiger charge is 2.09. The number of benzene rings is 1. The Balaban J connectivity index is 2.54. The molecule has 0 radical (unpaired) electrons. The SMILES string of the molecule is Cc1cc(C)n(-c2ccc(C(N)=O)cc2Br)n1. The van der Waals surface area contributed by atoms with E-state index in [1.54, 1.807) is 12.1 Å². The summed E-state index contributed by atoms with van der Waals surface area (Å²) in [5.41, 5.74) is 8.58. The Morgan fingerprint density at radius 2 is 2.06 bits per heavy atom. The quantitative estimate of drug-likeness (QED) is 0.924. The first-order chi connectivity index (χ1) is 7.99. The van der Waals surface area contributed by atoms with Gasteiger partial charge in [-0.25, -0.2) is 4.68 Å². The molecule has 2 rings (SSSR count). The molecular weight excluding hydrogens is 282 g/mol. The van der Waals surface area contributed by atoms with Gasteiger partial charge in [0.2, 0.25) is 5.91 Å². The van der Waals surface area contributed by atoms with Crippen LogP contribution in [0, 0.1) is 13.8 Å². The Hall–Kier alpha value is -1.62. The summed E-state index contributed by atoms with van der Waals surface area (Å²) in [5.74, 6) is -0.439. The Morgan fingerprint density at radius 1 is 1.35 bits per heavy atom. The Kier molecular flexibility index (Phi) is 3.02. The fourth-order valence-electron chi connectivity index (χ4n) is 1.70. The van der Waals surface area contributed by atoms with Crippen LogP contribution in [0.25, 0.3) is 5.69 Å². The lowest BCUT2D eigenvalue weighted by molar-refractivity contribution is 0.100. The summed E-state index contributed by atoms with van der Waals surface area (Å²) in [4.78, 5) is 11.1. The molecule has 0 bridgehead atoms. The first kappa shape index (κ1) is 11.9. The fourth-order valence-corrected chi connectivity index (χ4v) is 2.25. The topological polar surface area (TPSA) is 60.9 Å². The van der Waals surface area contributed by atoms with Crippen molar-refractivity contribution in [2.75, 3.05) is 0 Å². The molecule has 4 nitrogen and oxygen atoms in total. The molecule has 1 heterocycles. The molecule has 0 unspecified atom stereocenters. The van der Waals surface area contributed by atoms with Crippen LogP contribution < -0.4 is 5.73 Å². The van der Waals surface area contributed by atoms with Gasteiger partial charge in [-0.3, -0.25) is 4.79 Å². The summed E-state index contributed by atoms with van der Waals surface area (Å²) in [6.45, 7) is 3.92. The van der Waals surface area contributed by atoms with Gasteiger partial charge in [-0.2, -0.15) is 5.10 Å². The third-order valence-corrected chi connectivity index (χ3v) is 3.11. The molecule has 0 aliphatic heterocycles.